The van der Waals surface area contributed by atoms with E-state index in [0.29, 0.717) is 16.7 Å². The van der Waals surface area contributed by atoms with Crippen molar-refractivity contribution in [1.29, 1.82) is 0 Å². The van der Waals surface area contributed by atoms with Crippen LogP contribution in [0.5, 0.6) is 0 Å². The van der Waals surface area contributed by atoms with Crippen LogP contribution in [0.25, 0.3) is 16.7 Å². The van der Waals surface area contributed by atoms with Crippen LogP contribution < -0.4 is 5.56 Å². The number of aromatic nitrogens is 2. The van der Waals surface area contributed by atoms with Gasteiger partial charge in [0.05, 0.1) is 11.0 Å². The number of nitrogens with zero attached hydrogens (tertiary/aromatic N) is 2. The molecule has 0 unspecified atom stereocenters. The van der Waals surface area contributed by atoms with Crippen molar-refractivity contribution < 1.29 is 9.90 Å². The molecule has 1 heterocycles. The van der Waals surface area contributed by atoms with Crippen LogP contribution in [0.1, 0.15) is 16.1 Å². The molecule has 3 rings (SSSR count). The number of para-hydroxylation sites is 2. The zero-order valence-electron chi connectivity index (χ0n) is 11.3. The van der Waals surface area contributed by atoms with Crippen LogP contribution >= 0.6 is 0 Å². The van der Waals surface area contributed by atoms with Gasteiger partial charge in [0, 0.05) is 5.69 Å². The summed E-state index contributed by atoms with van der Waals surface area (Å²) in [4.78, 5) is 27.6. The van der Waals surface area contributed by atoms with Crippen molar-refractivity contribution in [2.75, 3.05) is 0 Å². The van der Waals surface area contributed by atoms with Gasteiger partial charge in [0.2, 0.25) is 5.69 Å². The smallest absolute Gasteiger partial charge is 0.360 e. The van der Waals surface area contributed by atoms with Crippen molar-refractivity contribution in [3.8, 4) is 5.69 Å². The predicted molar refractivity (Wildman–Crippen MR) is 79.0 cm³/mol. The minimum absolute atomic E-state index is 0.469. The number of carboxylic acids is 1. The standard InChI is InChI=1S/C16H12N2O3/c1-10-5-4-6-11(9-10)18-13-8-3-2-7-12(13)17-14(15(18)19)16(20)21/h2-9H,1H3,(H,20,21). The molecule has 0 radical (unpaired) electrons. The maximum absolute atomic E-state index is 12.5. The third-order valence-corrected chi connectivity index (χ3v) is 3.22. The maximum atomic E-state index is 12.5. The van der Waals surface area contributed by atoms with Crippen LogP contribution in [0.2, 0.25) is 0 Å². The maximum Gasteiger partial charge on any atom is 0.360 e. The number of benzene rings is 2. The zero-order valence-corrected chi connectivity index (χ0v) is 11.3. The van der Waals surface area contributed by atoms with Gasteiger partial charge < -0.3 is 5.11 Å². The first kappa shape index (κ1) is 13.1. The number of carbonyl (C=O) groups is 1. The number of hydrogen-bond acceptors (Lipinski definition) is 3. The average molecular weight is 280 g/mol. The molecule has 0 aliphatic heterocycles. The molecular weight excluding hydrogens is 268 g/mol. The first-order chi connectivity index (χ1) is 10.1. The Labute approximate surface area is 120 Å². The largest absolute Gasteiger partial charge is 0.476 e. The molecular formula is C16H12N2O3. The van der Waals surface area contributed by atoms with Crippen molar-refractivity contribution in [2.24, 2.45) is 0 Å². The quantitative estimate of drug-likeness (QED) is 0.782. The highest BCUT2D eigenvalue weighted by atomic mass is 16.4. The first-order valence-corrected chi connectivity index (χ1v) is 6.40. The van der Waals surface area contributed by atoms with Crippen molar-refractivity contribution in [3.63, 3.8) is 0 Å². The van der Waals surface area contributed by atoms with Crippen molar-refractivity contribution in [1.82, 2.24) is 9.55 Å². The molecule has 0 aliphatic carbocycles. The van der Waals surface area contributed by atoms with Gasteiger partial charge in [-0.1, -0.05) is 24.3 Å². The molecule has 0 amide bonds. The number of hydrogen-bond donors (Lipinski definition) is 1. The Morgan fingerprint density at radius 2 is 1.90 bits per heavy atom. The van der Waals surface area contributed by atoms with Crippen molar-refractivity contribution in [2.45, 2.75) is 6.92 Å². The van der Waals surface area contributed by atoms with E-state index in [4.69, 9.17) is 0 Å². The fraction of sp³-hybridized carbons (Fsp3) is 0.0625. The monoisotopic (exact) mass is 280 g/mol. The predicted octanol–water partition coefficient (Wildman–Crippen LogP) is 2.39. The van der Waals surface area contributed by atoms with Crippen LogP contribution in [-0.4, -0.2) is 20.6 Å². The van der Waals surface area contributed by atoms with Crippen LogP contribution in [0, 0.1) is 6.92 Å². The van der Waals surface area contributed by atoms with Crippen LogP contribution in [0.4, 0.5) is 0 Å². The molecule has 0 spiro atoms. The molecule has 0 atom stereocenters. The van der Waals surface area contributed by atoms with Gasteiger partial charge in [-0.25, -0.2) is 9.78 Å². The van der Waals surface area contributed by atoms with E-state index in [-0.39, 0.29) is 0 Å². The van der Waals surface area contributed by atoms with Crippen molar-refractivity contribution in [3.05, 3.63) is 70.1 Å². The molecule has 3 aromatic rings. The molecule has 0 saturated heterocycles. The summed E-state index contributed by atoms with van der Waals surface area (Å²) >= 11 is 0. The van der Waals surface area contributed by atoms with Gasteiger partial charge in [0.15, 0.2) is 0 Å². The van der Waals surface area contributed by atoms with Gasteiger partial charge >= 0.3 is 5.97 Å². The highest BCUT2D eigenvalue weighted by Gasteiger charge is 2.17. The second-order valence-electron chi connectivity index (χ2n) is 4.73. The average Bonchev–Trinajstić information content (AvgIpc) is 2.46. The molecule has 0 saturated carbocycles. The van der Waals surface area contributed by atoms with Gasteiger partial charge in [0.1, 0.15) is 0 Å². The molecule has 5 heteroatoms. The molecule has 0 aliphatic rings. The van der Waals surface area contributed by atoms with E-state index in [0.717, 1.165) is 5.56 Å². The second-order valence-corrected chi connectivity index (χ2v) is 4.73. The van der Waals surface area contributed by atoms with E-state index in [1.165, 1.54) is 4.57 Å². The number of rotatable bonds is 2. The molecule has 1 aromatic heterocycles. The molecule has 104 valence electrons. The minimum Gasteiger partial charge on any atom is -0.476 e. The van der Waals surface area contributed by atoms with E-state index >= 15 is 0 Å². The molecule has 0 bridgehead atoms. The van der Waals surface area contributed by atoms with Gasteiger partial charge in [-0.3, -0.25) is 9.36 Å². The summed E-state index contributed by atoms with van der Waals surface area (Å²) < 4.78 is 1.39. The molecule has 21 heavy (non-hydrogen) atoms. The van der Waals surface area contributed by atoms with Gasteiger partial charge in [-0.05, 0) is 36.8 Å². The van der Waals surface area contributed by atoms with Gasteiger partial charge in [-0.2, -0.15) is 0 Å². The number of fused-ring (bicyclic) bond motifs is 1. The third-order valence-electron chi connectivity index (χ3n) is 3.22. The van der Waals surface area contributed by atoms with Crippen LogP contribution in [-0.2, 0) is 0 Å². The normalized spacial score (nSPS) is 10.7. The molecule has 5 nitrogen and oxygen atoms in total. The summed E-state index contributed by atoms with van der Waals surface area (Å²) in [5, 5.41) is 9.18. The number of aromatic carboxylic acids is 1. The molecule has 2 aromatic carbocycles. The lowest BCUT2D eigenvalue weighted by Crippen LogP contribution is -2.27. The van der Waals surface area contributed by atoms with E-state index in [1.54, 1.807) is 30.3 Å². The Morgan fingerprint density at radius 1 is 1.14 bits per heavy atom. The Morgan fingerprint density at radius 3 is 2.62 bits per heavy atom. The van der Waals surface area contributed by atoms with E-state index in [1.807, 2.05) is 25.1 Å². The van der Waals surface area contributed by atoms with E-state index in [9.17, 15) is 14.7 Å². The zero-order chi connectivity index (χ0) is 15.0. The SMILES string of the molecule is Cc1cccc(-n2c(=O)c(C(=O)O)nc3ccccc32)c1. The van der Waals surface area contributed by atoms with Gasteiger partial charge in [0.25, 0.3) is 5.56 Å². The number of carboxylic acid groups (broad SMARTS) is 1. The lowest BCUT2D eigenvalue weighted by Gasteiger charge is -2.11. The third kappa shape index (κ3) is 2.18. The van der Waals surface area contributed by atoms with E-state index in [2.05, 4.69) is 4.98 Å². The second kappa shape index (κ2) is 4.86. The topological polar surface area (TPSA) is 72.2 Å². The highest BCUT2D eigenvalue weighted by Crippen LogP contribution is 2.16. The first-order valence-electron chi connectivity index (χ1n) is 6.40. The lowest BCUT2D eigenvalue weighted by molar-refractivity contribution is 0.0688. The Bertz CT molecular complexity index is 913. The summed E-state index contributed by atoms with van der Waals surface area (Å²) in [5.74, 6) is -1.33. The molecule has 0 fully saturated rings. The van der Waals surface area contributed by atoms with Crippen molar-refractivity contribution >= 4 is 17.0 Å². The summed E-state index contributed by atoms with van der Waals surface area (Å²) in [7, 11) is 0. The Hall–Kier alpha value is -2.95. The number of aryl methyl sites for hydroxylation is 1. The molecule has 1 N–H and O–H groups in total. The van der Waals surface area contributed by atoms with Crippen LogP contribution in [0.3, 0.4) is 0 Å². The Balaban J connectivity index is 2.47. The fourth-order valence-corrected chi connectivity index (χ4v) is 2.29. The highest BCUT2D eigenvalue weighted by molar-refractivity contribution is 5.88. The summed E-state index contributed by atoms with van der Waals surface area (Å²) in [5.41, 5.74) is 1.55. The van der Waals surface area contributed by atoms with E-state index < -0.39 is 17.2 Å². The van der Waals surface area contributed by atoms with Crippen LogP contribution in [0.15, 0.2) is 53.3 Å². The minimum atomic E-state index is -1.33. The summed E-state index contributed by atoms with van der Waals surface area (Å²) in [6, 6.07) is 14.3. The lowest BCUT2D eigenvalue weighted by atomic mass is 10.2. The van der Waals surface area contributed by atoms with Gasteiger partial charge in [-0.15, -0.1) is 0 Å². The Kier molecular flexibility index (Phi) is 3.02. The fourth-order valence-electron chi connectivity index (χ4n) is 2.29. The summed E-state index contributed by atoms with van der Waals surface area (Å²) in [6.07, 6.45) is 0. The summed E-state index contributed by atoms with van der Waals surface area (Å²) in [6.45, 7) is 1.91.